The monoisotopic (exact) mass is 388 g/mol. The molecule has 0 saturated carbocycles. The van der Waals surface area contributed by atoms with E-state index in [4.69, 9.17) is 27.9 Å². The van der Waals surface area contributed by atoms with E-state index in [1.54, 1.807) is 12.1 Å². The Bertz CT molecular complexity index is 659. The Morgan fingerprint density at radius 3 is 2.52 bits per heavy atom. The minimum absolute atomic E-state index is 0.423. The maximum Gasteiger partial charge on any atom is 0.139 e. The van der Waals surface area contributed by atoms with Gasteiger partial charge in [-0.25, -0.2) is 0 Å². The molecule has 0 aromatic heterocycles. The van der Waals surface area contributed by atoms with Crippen molar-refractivity contribution in [3.63, 3.8) is 0 Å². The van der Waals surface area contributed by atoms with Crippen LogP contribution < -0.4 is 4.74 Å². The van der Waals surface area contributed by atoms with Crippen molar-refractivity contribution in [1.82, 2.24) is 0 Å². The molecule has 0 saturated heterocycles. The van der Waals surface area contributed by atoms with Crippen LogP contribution in [0.4, 0.5) is 0 Å². The van der Waals surface area contributed by atoms with Crippen molar-refractivity contribution >= 4 is 39.1 Å². The highest BCUT2D eigenvalue weighted by atomic mass is 79.9. The normalized spacial score (nSPS) is 12.3. The summed E-state index contributed by atoms with van der Waals surface area (Å²) in [4.78, 5) is 0. The first-order valence-corrected chi connectivity index (χ1v) is 8.04. The van der Waals surface area contributed by atoms with E-state index in [1.807, 2.05) is 32.0 Å². The quantitative estimate of drug-likeness (QED) is 0.743. The van der Waals surface area contributed by atoms with Gasteiger partial charge in [0.15, 0.2) is 0 Å². The van der Waals surface area contributed by atoms with Gasteiger partial charge in [0.1, 0.15) is 11.9 Å². The Balaban J connectivity index is 2.40. The fraction of sp³-hybridized carbons (Fsp3) is 0.250. The largest absolute Gasteiger partial charge is 0.492 e. The van der Waals surface area contributed by atoms with Gasteiger partial charge >= 0.3 is 0 Å². The molecular weight excluding hydrogens is 375 g/mol. The molecule has 0 amide bonds. The third kappa shape index (κ3) is 3.72. The lowest BCUT2D eigenvalue weighted by Gasteiger charge is -2.16. The minimum Gasteiger partial charge on any atom is -0.492 e. The van der Waals surface area contributed by atoms with Gasteiger partial charge in [-0.15, -0.1) is 0 Å². The highest BCUT2D eigenvalue weighted by Gasteiger charge is 2.17. The molecule has 1 N–H and O–H groups in total. The summed E-state index contributed by atoms with van der Waals surface area (Å²) in [7, 11) is 0. The van der Waals surface area contributed by atoms with Gasteiger partial charge in [-0.3, -0.25) is 0 Å². The Morgan fingerprint density at radius 1 is 1.19 bits per heavy atom. The van der Waals surface area contributed by atoms with Gasteiger partial charge in [0.05, 0.1) is 16.7 Å². The second kappa shape index (κ2) is 7.01. The molecule has 1 atom stereocenters. The van der Waals surface area contributed by atoms with E-state index in [0.717, 1.165) is 15.6 Å². The van der Waals surface area contributed by atoms with Crippen molar-refractivity contribution < 1.29 is 9.84 Å². The summed E-state index contributed by atoms with van der Waals surface area (Å²) >= 11 is 15.9. The molecular formula is C16H15BrCl2O2. The molecule has 0 aliphatic heterocycles. The molecule has 0 heterocycles. The smallest absolute Gasteiger partial charge is 0.139 e. The van der Waals surface area contributed by atoms with Crippen LogP contribution in [0.3, 0.4) is 0 Å². The van der Waals surface area contributed by atoms with Crippen molar-refractivity contribution in [1.29, 1.82) is 0 Å². The average molecular weight is 390 g/mol. The number of aryl methyl sites for hydroxylation is 1. The zero-order valence-corrected chi connectivity index (χ0v) is 14.8. The number of benzene rings is 2. The first-order valence-electron chi connectivity index (χ1n) is 6.50. The van der Waals surface area contributed by atoms with Crippen LogP contribution in [0.2, 0.25) is 10.0 Å². The van der Waals surface area contributed by atoms with E-state index in [1.165, 1.54) is 0 Å². The van der Waals surface area contributed by atoms with E-state index < -0.39 is 6.10 Å². The predicted molar refractivity (Wildman–Crippen MR) is 90.6 cm³/mol. The number of hydrogen-bond acceptors (Lipinski definition) is 2. The topological polar surface area (TPSA) is 29.5 Å². The number of hydrogen-bond donors (Lipinski definition) is 1. The Hall–Kier alpha value is -0.740. The van der Waals surface area contributed by atoms with Crippen molar-refractivity contribution in [3.05, 3.63) is 61.5 Å². The molecule has 21 heavy (non-hydrogen) atoms. The molecule has 2 aromatic carbocycles. The highest BCUT2D eigenvalue weighted by Crippen LogP contribution is 2.37. The summed E-state index contributed by atoms with van der Waals surface area (Å²) in [6.45, 7) is 4.36. The fourth-order valence-corrected chi connectivity index (χ4v) is 2.86. The molecule has 0 bridgehead atoms. The zero-order valence-electron chi connectivity index (χ0n) is 11.7. The summed E-state index contributed by atoms with van der Waals surface area (Å²) in [6.07, 6.45) is -0.845. The molecule has 0 radical (unpaired) electrons. The number of rotatable bonds is 4. The molecule has 1 unspecified atom stereocenters. The highest BCUT2D eigenvalue weighted by molar-refractivity contribution is 9.10. The average Bonchev–Trinajstić information content (AvgIpc) is 2.45. The summed E-state index contributed by atoms with van der Waals surface area (Å²) < 4.78 is 6.32. The van der Waals surface area contributed by atoms with Gasteiger partial charge in [-0.05, 0) is 37.1 Å². The van der Waals surface area contributed by atoms with Crippen molar-refractivity contribution in [2.24, 2.45) is 0 Å². The third-order valence-corrected chi connectivity index (χ3v) is 4.63. The van der Waals surface area contributed by atoms with Gasteiger partial charge in [-0.2, -0.15) is 0 Å². The second-order valence-corrected chi connectivity index (χ2v) is 6.32. The Morgan fingerprint density at radius 2 is 1.90 bits per heavy atom. The maximum atomic E-state index is 10.5. The van der Waals surface area contributed by atoms with Crippen LogP contribution in [0.1, 0.15) is 29.7 Å². The van der Waals surface area contributed by atoms with E-state index in [-0.39, 0.29) is 0 Å². The van der Waals surface area contributed by atoms with E-state index in [0.29, 0.717) is 28.0 Å². The standard InChI is InChI=1S/C16H15BrCl2O2/c1-3-21-15-8-13(18)11(7-14(15)19)16(20)10-5-4-9(2)12(17)6-10/h4-8,16,20H,3H2,1-2H3. The lowest BCUT2D eigenvalue weighted by atomic mass is 10.0. The van der Waals surface area contributed by atoms with Gasteiger partial charge < -0.3 is 9.84 Å². The van der Waals surface area contributed by atoms with Gasteiger partial charge in [0, 0.05) is 16.1 Å². The molecule has 0 aliphatic rings. The van der Waals surface area contributed by atoms with Gasteiger partial charge in [0.2, 0.25) is 0 Å². The minimum atomic E-state index is -0.845. The van der Waals surface area contributed by atoms with Crippen LogP contribution in [0.25, 0.3) is 0 Å². The van der Waals surface area contributed by atoms with Crippen LogP contribution in [0, 0.1) is 6.92 Å². The number of ether oxygens (including phenoxy) is 1. The molecule has 112 valence electrons. The molecule has 0 spiro atoms. The van der Waals surface area contributed by atoms with Crippen molar-refractivity contribution in [2.75, 3.05) is 6.61 Å². The summed E-state index contributed by atoms with van der Waals surface area (Å²) in [6, 6.07) is 8.96. The molecule has 2 aromatic rings. The molecule has 5 heteroatoms. The lowest BCUT2D eigenvalue weighted by Crippen LogP contribution is -2.02. The first kappa shape index (κ1) is 16.6. The zero-order chi connectivity index (χ0) is 15.6. The van der Waals surface area contributed by atoms with E-state index >= 15 is 0 Å². The summed E-state index contributed by atoms with van der Waals surface area (Å²) in [5.74, 6) is 0.519. The third-order valence-electron chi connectivity index (χ3n) is 3.16. The SMILES string of the molecule is CCOc1cc(Cl)c(C(O)c2ccc(C)c(Br)c2)cc1Cl. The van der Waals surface area contributed by atoms with E-state index in [9.17, 15) is 5.11 Å². The maximum absolute atomic E-state index is 10.5. The summed E-state index contributed by atoms with van der Waals surface area (Å²) in [5.41, 5.74) is 2.40. The Kier molecular flexibility index (Phi) is 5.55. The van der Waals surface area contributed by atoms with Crippen LogP contribution in [-0.4, -0.2) is 11.7 Å². The van der Waals surface area contributed by atoms with Crippen molar-refractivity contribution in [3.8, 4) is 5.75 Å². The molecule has 2 nitrogen and oxygen atoms in total. The lowest BCUT2D eigenvalue weighted by molar-refractivity contribution is 0.220. The van der Waals surface area contributed by atoms with Crippen LogP contribution in [-0.2, 0) is 0 Å². The molecule has 0 fully saturated rings. The van der Waals surface area contributed by atoms with Crippen molar-refractivity contribution in [2.45, 2.75) is 20.0 Å². The number of aliphatic hydroxyl groups excluding tert-OH is 1. The molecule has 2 rings (SSSR count). The number of aliphatic hydroxyl groups is 1. The van der Waals surface area contributed by atoms with Crippen LogP contribution in [0.15, 0.2) is 34.8 Å². The first-order chi connectivity index (χ1) is 9.93. The second-order valence-electron chi connectivity index (χ2n) is 4.65. The fourth-order valence-electron chi connectivity index (χ4n) is 1.98. The predicted octanol–water partition coefficient (Wildman–Crippen LogP) is 5.54. The molecule has 0 aliphatic carbocycles. The van der Waals surface area contributed by atoms with Crippen LogP contribution >= 0.6 is 39.1 Å². The van der Waals surface area contributed by atoms with Crippen LogP contribution in [0.5, 0.6) is 5.75 Å². The van der Waals surface area contributed by atoms with E-state index in [2.05, 4.69) is 15.9 Å². The van der Waals surface area contributed by atoms with Gasteiger partial charge in [-0.1, -0.05) is 51.3 Å². The van der Waals surface area contributed by atoms with Gasteiger partial charge in [0.25, 0.3) is 0 Å². The summed E-state index contributed by atoms with van der Waals surface area (Å²) in [5, 5.41) is 11.4. The Labute approximate surface area is 142 Å². The number of halogens is 3.